The van der Waals surface area contributed by atoms with Crippen molar-refractivity contribution in [1.29, 1.82) is 0 Å². The number of nitrogens with one attached hydrogen (secondary N) is 1. The highest BCUT2D eigenvalue weighted by molar-refractivity contribution is 9.10. The van der Waals surface area contributed by atoms with Gasteiger partial charge < -0.3 is 5.32 Å². The van der Waals surface area contributed by atoms with Gasteiger partial charge in [-0.2, -0.15) is 0 Å². The fraction of sp³-hybridized carbons (Fsp3) is 0.667. The predicted octanol–water partition coefficient (Wildman–Crippen LogP) is 3.21. The summed E-state index contributed by atoms with van der Waals surface area (Å²) in [6, 6.07) is 0. The van der Waals surface area contributed by atoms with Gasteiger partial charge in [0.15, 0.2) is 0 Å². The Kier molecular flexibility index (Phi) is 2.25. The first-order valence-corrected chi connectivity index (χ1v) is 6.69. The second kappa shape index (κ2) is 3.42. The summed E-state index contributed by atoms with van der Waals surface area (Å²) in [7, 11) is 1.92. The van der Waals surface area contributed by atoms with Crippen LogP contribution in [0.3, 0.4) is 0 Å². The molecule has 1 heterocycles. The molecule has 0 spiro atoms. The maximum Gasteiger partial charge on any atom is 0.144 e. The maximum atomic E-state index is 4.78. The Morgan fingerprint density at radius 3 is 2.50 bits per heavy atom. The van der Waals surface area contributed by atoms with Crippen molar-refractivity contribution in [3.05, 3.63) is 16.0 Å². The van der Waals surface area contributed by atoms with Gasteiger partial charge in [-0.3, -0.25) is 0 Å². The lowest BCUT2D eigenvalue weighted by atomic mass is 10.1. The topological polar surface area (TPSA) is 37.8 Å². The molecule has 1 aromatic heterocycles. The zero-order chi connectivity index (χ0) is 11.3. The molecule has 0 atom stereocenters. The monoisotopic (exact) mass is 281 g/mol. The number of anilines is 1. The van der Waals surface area contributed by atoms with Gasteiger partial charge in [0.2, 0.25) is 0 Å². The lowest BCUT2D eigenvalue weighted by Crippen LogP contribution is -2.11. The van der Waals surface area contributed by atoms with Crippen molar-refractivity contribution in [1.82, 2.24) is 9.97 Å². The molecule has 16 heavy (non-hydrogen) atoms. The van der Waals surface area contributed by atoms with Crippen molar-refractivity contribution in [2.75, 3.05) is 12.4 Å². The van der Waals surface area contributed by atoms with Crippen molar-refractivity contribution in [3.63, 3.8) is 0 Å². The van der Waals surface area contributed by atoms with E-state index in [4.69, 9.17) is 4.98 Å². The molecule has 0 radical (unpaired) electrons. The highest BCUT2D eigenvalue weighted by Gasteiger charge is 2.43. The van der Waals surface area contributed by atoms with Crippen molar-refractivity contribution >= 4 is 21.7 Å². The quantitative estimate of drug-likeness (QED) is 0.925. The molecule has 2 aliphatic carbocycles. The van der Waals surface area contributed by atoms with Gasteiger partial charge in [0.1, 0.15) is 11.6 Å². The Morgan fingerprint density at radius 2 is 2.00 bits per heavy atom. The van der Waals surface area contributed by atoms with Gasteiger partial charge >= 0.3 is 0 Å². The Balaban J connectivity index is 2.09. The molecule has 0 aliphatic heterocycles. The van der Waals surface area contributed by atoms with Crippen molar-refractivity contribution < 1.29 is 0 Å². The van der Waals surface area contributed by atoms with E-state index in [1.54, 1.807) is 0 Å². The molecule has 1 N–H and O–H groups in total. The Bertz CT molecular complexity index is 436. The number of aromatic nitrogens is 2. The van der Waals surface area contributed by atoms with Crippen LogP contribution in [0.2, 0.25) is 0 Å². The van der Waals surface area contributed by atoms with E-state index < -0.39 is 0 Å². The largest absolute Gasteiger partial charge is 0.372 e. The number of halogens is 1. The summed E-state index contributed by atoms with van der Waals surface area (Å²) in [4.78, 5) is 9.40. The van der Waals surface area contributed by atoms with Gasteiger partial charge in [0.05, 0.1) is 10.2 Å². The van der Waals surface area contributed by atoms with Crippen LogP contribution in [0, 0.1) is 0 Å². The fourth-order valence-electron chi connectivity index (χ4n) is 1.94. The summed E-state index contributed by atoms with van der Waals surface area (Å²) in [5.41, 5.74) is 1.46. The number of nitrogens with zero attached hydrogens (tertiary/aromatic N) is 2. The van der Waals surface area contributed by atoms with Gasteiger partial charge in [-0.25, -0.2) is 9.97 Å². The van der Waals surface area contributed by atoms with E-state index in [9.17, 15) is 0 Å². The lowest BCUT2D eigenvalue weighted by molar-refractivity contribution is 0.696. The minimum absolute atomic E-state index is 0.246. The van der Waals surface area contributed by atoms with E-state index in [-0.39, 0.29) is 5.41 Å². The van der Waals surface area contributed by atoms with Crippen LogP contribution in [0.25, 0.3) is 0 Å². The van der Waals surface area contributed by atoms with E-state index in [0.717, 1.165) is 16.1 Å². The summed E-state index contributed by atoms with van der Waals surface area (Å²) in [6.07, 6.45) is 4.99. The Morgan fingerprint density at radius 1 is 1.31 bits per heavy atom. The van der Waals surface area contributed by atoms with Crippen LogP contribution in [-0.4, -0.2) is 17.0 Å². The molecular formula is C12H16BrN3. The molecule has 4 heteroatoms. The van der Waals surface area contributed by atoms with Gasteiger partial charge in [0, 0.05) is 18.4 Å². The minimum atomic E-state index is 0.246. The van der Waals surface area contributed by atoms with Gasteiger partial charge in [0.25, 0.3) is 0 Å². The second-order valence-electron chi connectivity index (χ2n) is 5.18. The Hall–Kier alpha value is -0.640. The molecule has 0 amide bonds. The molecule has 0 bridgehead atoms. The molecule has 0 aromatic carbocycles. The van der Waals surface area contributed by atoms with Crippen LogP contribution in [-0.2, 0) is 5.41 Å². The van der Waals surface area contributed by atoms with E-state index in [1.807, 2.05) is 7.05 Å². The number of hydrogen-bond donors (Lipinski definition) is 1. The zero-order valence-corrected chi connectivity index (χ0v) is 11.3. The molecule has 2 fully saturated rings. The average molecular weight is 282 g/mol. The molecule has 2 saturated carbocycles. The van der Waals surface area contributed by atoms with Gasteiger partial charge in [-0.1, -0.05) is 6.92 Å². The summed E-state index contributed by atoms with van der Waals surface area (Å²) >= 11 is 3.62. The molecule has 0 unspecified atom stereocenters. The molecule has 2 aliphatic rings. The number of hydrogen-bond acceptors (Lipinski definition) is 3. The van der Waals surface area contributed by atoms with Crippen molar-refractivity contribution in [2.24, 2.45) is 0 Å². The third-order valence-electron chi connectivity index (χ3n) is 3.62. The molecule has 0 saturated heterocycles. The molecule has 86 valence electrons. The Labute approximate surface area is 104 Å². The third-order valence-corrected chi connectivity index (χ3v) is 4.40. The van der Waals surface area contributed by atoms with Gasteiger partial charge in [-0.15, -0.1) is 0 Å². The van der Waals surface area contributed by atoms with Crippen LogP contribution < -0.4 is 5.32 Å². The average Bonchev–Trinajstić information content (AvgIpc) is 3.14. The van der Waals surface area contributed by atoms with Gasteiger partial charge in [-0.05, 0) is 41.6 Å². The van der Waals surface area contributed by atoms with Crippen LogP contribution in [0.15, 0.2) is 4.47 Å². The van der Waals surface area contributed by atoms with E-state index in [1.165, 1.54) is 31.4 Å². The van der Waals surface area contributed by atoms with E-state index >= 15 is 0 Å². The molecular weight excluding hydrogens is 266 g/mol. The standard InChI is InChI=1S/C12H16BrN3/c1-12(5-6-12)11-15-9(7-3-4-7)8(13)10(14-2)16-11/h7H,3-6H2,1-2H3,(H,14,15,16). The minimum Gasteiger partial charge on any atom is -0.372 e. The summed E-state index contributed by atoms with van der Waals surface area (Å²) in [5.74, 6) is 2.63. The SMILES string of the molecule is CNc1nc(C2(C)CC2)nc(C2CC2)c1Br. The number of rotatable bonds is 3. The lowest BCUT2D eigenvalue weighted by Gasteiger charge is -2.13. The summed E-state index contributed by atoms with van der Waals surface area (Å²) in [5, 5.41) is 3.16. The van der Waals surface area contributed by atoms with E-state index in [2.05, 4.69) is 33.2 Å². The highest BCUT2D eigenvalue weighted by Crippen LogP contribution is 2.49. The second-order valence-corrected chi connectivity index (χ2v) is 5.97. The first kappa shape index (κ1) is 10.5. The molecule has 3 nitrogen and oxygen atoms in total. The zero-order valence-electron chi connectivity index (χ0n) is 9.68. The van der Waals surface area contributed by atoms with E-state index in [0.29, 0.717) is 5.92 Å². The fourth-order valence-corrected chi connectivity index (χ4v) is 2.64. The van der Waals surface area contributed by atoms with Crippen LogP contribution in [0.5, 0.6) is 0 Å². The van der Waals surface area contributed by atoms with Crippen LogP contribution >= 0.6 is 15.9 Å². The van der Waals surface area contributed by atoms with Crippen LogP contribution in [0.1, 0.15) is 50.0 Å². The summed E-state index contributed by atoms with van der Waals surface area (Å²) in [6.45, 7) is 2.26. The summed E-state index contributed by atoms with van der Waals surface area (Å²) < 4.78 is 1.06. The van der Waals surface area contributed by atoms with Crippen LogP contribution in [0.4, 0.5) is 5.82 Å². The molecule has 1 aromatic rings. The normalized spacial score (nSPS) is 21.9. The highest BCUT2D eigenvalue weighted by atomic mass is 79.9. The molecule has 3 rings (SSSR count). The predicted molar refractivity (Wildman–Crippen MR) is 67.8 cm³/mol. The first-order valence-electron chi connectivity index (χ1n) is 5.90. The smallest absolute Gasteiger partial charge is 0.144 e. The first-order chi connectivity index (χ1) is 7.64. The van der Waals surface area contributed by atoms with Crippen molar-refractivity contribution in [2.45, 2.75) is 43.9 Å². The third kappa shape index (κ3) is 1.63. The maximum absolute atomic E-state index is 4.78. The van der Waals surface area contributed by atoms with Crippen molar-refractivity contribution in [3.8, 4) is 0 Å².